The fourth-order valence-corrected chi connectivity index (χ4v) is 4.08. The van der Waals surface area contributed by atoms with Crippen molar-refractivity contribution in [3.63, 3.8) is 0 Å². The fraction of sp³-hybridized carbons (Fsp3) is 0.933. The van der Waals surface area contributed by atoms with Crippen molar-refractivity contribution in [2.75, 3.05) is 19.6 Å². The zero-order valence-corrected chi connectivity index (χ0v) is 11.0. The van der Waals surface area contributed by atoms with Crippen LogP contribution in [0.1, 0.15) is 51.9 Å². The van der Waals surface area contributed by atoms with Crippen LogP contribution in [0.4, 0.5) is 0 Å². The van der Waals surface area contributed by atoms with Crippen molar-refractivity contribution in [2.45, 2.75) is 57.9 Å². The summed E-state index contributed by atoms with van der Waals surface area (Å²) in [6.45, 7) is 12.9. The quantitative estimate of drug-likeness (QED) is 0.663. The van der Waals surface area contributed by atoms with E-state index in [4.69, 9.17) is 6.57 Å². The van der Waals surface area contributed by atoms with E-state index in [1.54, 1.807) is 0 Å². The Kier molecular flexibility index (Phi) is 2.70. The van der Waals surface area contributed by atoms with Crippen LogP contribution in [0.25, 0.3) is 4.85 Å². The van der Waals surface area contributed by atoms with Crippen molar-refractivity contribution in [1.82, 2.24) is 4.90 Å². The van der Waals surface area contributed by atoms with Gasteiger partial charge in [-0.25, -0.2) is 6.57 Å². The predicted octanol–water partition coefficient (Wildman–Crippen LogP) is 3.34. The van der Waals surface area contributed by atoms with Crippen molar-refractivity contribution in [3.05, 3.63) is 11.4 Å². The average molecular weight is 232 g/mol. The first-order valence-electron chi connectivity index (χ1n) is 7.22. The second-order valence-electron chi connectivity index (χ2n) is 7.12. The highest BCUT2D eigenvalue weighted by Crippen LogP contribution is 2.50. The Balaban J connectivity index is 1.48. The van der Waals surface area contributed by atoms with E-state index in [0.29, 0.717) is 5.41 Å². The van der Waals surface area contributed by atoms with E-state index in [0.717, 1.165) is 18.0 Å². The van der Waals surface area contributed by atoms with Crippen molar-refractivity contribution in [3.8, 4) is 0 Å². The summed E-state index contributed by atoms with van der Waals surface area (Å²) in [7, 11) is 0. The molecule has 0 radical (unpaired) electrons. The molecule has 3 rings (SSSR count). The lowest BCUT2D eigenvalue weighted by molar-refractivity contribution is -0.0945. The van der Waals surface area contributed by atoms with Gasteiger partial charge in [0.25, 0.3) is 0 Å². The van der Waals surface area contributed by atoms with Crippen molar-refractivity contribution >= 4 is 0 Å². The summed E-state index contributed by atoms with van der Waals surface area (Å²) in [5.74, 6) is 0. The lowest BCUT2D eigenvalue weighted by atomic mass is 9.62. The fourth-order valence-electron chi connectivity index (χ4n) is 4.08. The van der Waals surface area contributed by atoms with Crippen molar-refractivity contribution in [2.24, 2.45) is 10.8 Å². The Morgan fingerprint density at radius 2 is 1.82 bits per heavy atom. The molecule has 17 heavy (non-hydrogen) atoms. The molecule has 1 saturated heterocycles. The number of nitrogens with zero attached hydrogens (tertiary/aromatic N) is 2. The second-order valence-corrected chi connectivity index (χ2v) is 7.12. The Morgan fingerprint density at radius 3 is 2.29 bits per heavy atom. The molecule has 1 heterocycles. The topological polar surface area (TPSA) is 7.60 Å². The molecule has 2 aliphatic carbocycles. The van der Waals surface area contributed by atoms with Crippen LogP contribution in [0.3, 0.4) is 0 Å². The van der Waals surface area contributed by atoms with Crippen LogP contribution in [-0.2, 0) is 0 Å². The van der Waals surface area contributed by atoms with E-state index in [2.05, 4.69) is 16.7 Å². The largest absolute Gasteiger partial charge is 0.316 e. The standard InChI is InChI=1S/C15H24N2/c1-14(10-16-2)8-4-13(5-9-14)17-11-15(12-17)6-3-7-15/h13H,3-12H2,1H3. The average Bonchev–Trinajstić information content (AvgIpc) is 2.17. The first-order chi connectivity index (χ1) is 8.15. The van der Waals surface area contributed by atoms with Gasteiger partial charge in [0, 0.05) is 24.5 Å². The van der Waals surface area contributed by atoms with Gasteiger partial charge >= 0.3 is 0 Å². The summed E-state index contributed by atoms with van der Waals surface area (Å²) in [6, 6.07) is 0.847. The Morgan fingerprint density at radius 1 is 1.18 bits per heavy atom. The number of rotatable bonds is 2. The predicted molar refractivity (Wildman–Crippen MR) is 69.7 cm³/mol. The molecule has 1 spiro atoms. The van der Waals surface area contributed by atoms with E-state index in [1.165, 1.54) is 58.0 Å². The third-order valence-electron chi connectivity index (χ3n) is 5.63. The molecule has 0 aromatic rings. The van der Waals surface area contributed by atoms with Gasteiger partial charge in [0.2, 0.25) is 6.54 Å². The summed E-state index contributed by atoms with van der Waals surface area (Å²) >= 11 is 0. The number of likely N-dealkylation sites (tertiary alicyclic amines) is 1. The first kappa shape index (κ1) is 11.5. The van der Waals surface area contributed by atoms with Crippen LogP contribution in [0, 0.1) is 17.4 Å². The van der Waals surface area contributed by atoms with Gasteiger partial charge in [-0.05, 0) is 43.9 Å². The number of hydrogen-bond acceptors (Lipinski definition) is 1. The third kappa shape index (κ3) is 1.99. The molecule has 2 heteroatoms. The number of hydrogen-bond donors (Lipinski definition) is 0. The van der Waals surface area contributed by atoms with Gasteiger partial charge in [-0.3, -0.25) is 4.90 Å². The molecule has 3 aliphatic rings. The minimum absolute atomic E-state index is 0.331. The smallest absolute Gasteiger partial charge is 0.219 e. The Labute approximate surface area is 105 Å². The van der Waals surface area contributed by atoms with Crippen molar-refractivity contribution < 1.29 is 0 Å². The summed E-state index contributed by atoms with van der Waals surface area (Å²) in [4.78, 5) is 6.35. The van der Waals surface area contributed by atoms with E-state index < -0.39 is 0 Å². The second kappa shape index (κ2) is 3.99. The monoisotopic (exact) mass is 232 g/mol. The van der Waals surface area contributed by atoms with Crippen LogP contribution in [0.5, 0.6) is 0 Å². The SMILES string of the molecule is [C-]#[N+]CC1(C)CCC(N2CC3(CCC3)C2)CC1. The zero-order valence-electron chi connectivity index (χ0n) is 11.0. The molecule has 0 atom stereocenters. The first-order valence-corrected chi connectivity index (χ1v) is 7.22. The van der Waals surface area contributed by atoms with Gasteiger partial charge in [0.15, 0.2) is 0 Å². The maximum Gasteiger partial charge on any atom is 0.219 e. The van der Waals surface area contributed by atoms with E-state index in [9.17, 15) is 0 Å². The summed E-state index contributed by atoms with van der Waals surface area (Å²) in [5, 5.41) is 0. The molecule has 0 aromatic heterocycles. The molecule has 2 saturated carbocycles. The lowest BCUT2D eigenvalue weighted by Crippen LogP contribution is -2.63. The minimum atomic E-state index is 0.331. The zero-order chi connectivity index (χ0) is 11.9. The highest BCUT2D eigenvalue weighted by molar-refractivity contribution is 5.03. The highest BCUT2D eigenvalue weighted by atomic mass is 15.2. The molecule has 2 nitrogen and oxygen atoms in total. The molecule has 0 unspecified atom stereocenters. The minimum Gasteiger partial charge on any atom is -0.316 e. The molecule has 1 aliphatic heterocycles. The van der Waals surface area contributed by atoms with Crippen LogP contribution < -0.4 is 0 Å². The lowest BCUT2D eigenvalue weighted by Gasteiger charge is -2.59. The Hall–Kier alpha value is -0.550. The van der Waals surface area contributed by atoms with Gasteiger partial charge < -0.3 is 4.85 Å². The summed E-state index contributed by atoms with van der Waals surface area (Å²) in [6.07, 6.45) is 9.66. The molecular weight excluding hydrogens is 208 g/mol. The van der Waals surface area contributed by atoms with Crippen LogP contribution in [0.2, 0.25) is 0 Å². The van der Waals surface area contributed by atoms with E-state index in [-0.39, 0.29) is 0 Å². The highest BCUT2D eigenvalue weighted by Gasteiger charge is 2.50. The molecule has 3 fully saturated rings. The van der Waals surface area contributed by atoms with E-state index >= 15 is 0 Å². The van der Waals surface area contributed by atoms with Crippen LogP contribution in [0.15, 0.2) is 0 Å². The van der Waals surface area contributed by atoms with Crippen molar-refractivity contribution in [1.29, 1.82) is 0 Å². The van der Waals surface area contributed by atoms with Gasteiger partial charge in [-0.15, -0.1) is 0 Å². The van der Waals surface area contributed by atoms with Gasteiger partial charge in [-0.1, -0.05) is 13.3 Å². The van der Waals surface area contributed by atoms with Gasteiger partial charge in [-0.2, -0.15) is 0 Å². The van der Waals surface area contributed by atoms with Gasteiger partial charge in [0.05, 0.1) is 0 Å². The third-order valence-corrected chi connectivity index (χ3v) is 5.63. The maximum atomic E-state index is 7.05. The van der Waals surface area contributed by atoms with Crippen LogP contribution >= 0.6 is 0 Å². The maximum absolute atomic E-state index is 7.05. The molecule has 0 amide bonds. The Bertz CT molecular complexity index is 321. The van der Waals surface area contributed by atoms with Crippen LogP contribution in [-0.4, -0.2) is 30.6 Å². The van der Waals surface area contributed by atoms with E-state index in [1.807, 2.05) is 0 Å². The molecule has 0 N–H and O–H groups in total. The summed E-state index contributed by atoms with van der Waals surface area (Å²) in [5.41, 5.74) is 1.11. The molecule has 0 bridgehead atoms. The molecule has 0 aromatic carbocycles. The summed E-state index contributed by atoms with van der Waals surface area (Å²) < 4.78 is 0. The van der Waals surface area contributed by atoms with Gasteiger partial charge in [0.1, 0.15) is 0 Å². The normalized spacial score (nSPS) is 40.4. The molecule has 94 valence electrons. The molecular formula is C15H24N2.